The van der Waals surface area contributed by atoms with E-state index in [1.54, 1.807) is 6.92 Å². The Morgan fingerprint density at radius 2 is 1.67 bits per heavy atom. The zero-order chi connectivity index (χ0) is 9.72. The first-order valence-corrected chi connectivity index (χ1v) is 4.54. The molecule has 0 fully saturated rings. The Bertz CT molecular complexity index is 115. The Morgan fingerprint density at radius 3 is 1.92 bits per heavy atom. The van der Waals surface area contributed by atoms with Gasteiger partial charge in [-0.2, -0.15) is 0 Å². The van der Waals surface area contributed by atoms with E-state index in [1.165, 1.54) is 0 Å². The Morgan fingerprint density at radius 1 is 1.17 bits per heavy atom. The Kier molecular flexibility index (Phi) is 5.46. The van der Waals surface area contributed by atoms with Crippen molar-refractivity contribution in [1.82, 2.24) is 5.32 Å². The molecule has 12 heavy (non-hydrogen) atoms. The average molecular weight is 175 g/mol. The van der Waals surface area contributed by atoms with E-state index < -0.39 is 0 Å². The third kappa shape index (κ3) is 4.04. The van der Waals surface area contributed by atoms with E-state index in [1.807, 2.05) is 20.8 Å². The van der Waals surface area contributed by atoms with Crippen molar-refractivity contribution in [3.05, 3.63) is 0 Å². The lowest BCUT2D eigenvalue weighted by Gasteiger charge is -2.26. The summed E-state index contributed by atoms with van der Waals surface area (Å²) in [7, 11) is 0. The van der Waals surface area contributed by atoms with Crippen LogP contribution >= 0.6 is 0 Å². The molecule has 3 heteroatoms. The molecule has 0 aromatic rings. The molecule has 0 heterocycles. The molecule has 0 rings (SSSR count). The fourth-order valence-electron chi connectivity index (χ4n) is 0.933. The molecular weight excluding hydrogens is 154 g/mol. The van der Waals surface area contributed by atoms with Crippen LogP contribution in [0.25, 0.3) is 0 Å². The highest BCUT2D eigenvalue weighted by molar-refractivity contribution is 4.76. The van der Waals surface area contributed by atoms with Gasteiger partial charge in [0.15, 0.2) is 0 Å². The molecule has 3 nitrogen and oxygen atoms in total. The van der Waals surface area contributed by atoms with Gasteiger partial charge < -0.3 is 15.5 Å². The van der Waals surface area contributed by atoms with Gasteiger partial charge in [0.2, 0.25) is 0 Å². The Labute approximate surface area is 74.8 Å². The zero-order valence-corrected chi connectivity index (χ0v) is 8.41. The van der Waals surface area contributed by atoms with Gasteiger partial charge in [0, 0.05) is 12.1 Å². The average Bonchev–Trinajstić information content (AvgIpc) is 1.98. The summed E-state index contributed by atoms with van der Waals surface area (Å²) in [5.41, 5.74) is 0. The molecule has 0 aromatic heterocycles. The molecule has 0 aromatic carbocycles. The van der Waals surface area contributed by atoms with Gasteiger partial charge in [0.1, 0.15) is 0 Å². The predicted octanol–water partition coefficient (Wildman–Crippen LogP) is 0.362. The minimum Gasteiger partial charge on any atom is -0.395 e. The van der Waals surface area contributed by atoms with Crippen LogP contribution in [-0.2, 0) is 0 Å². The smallest absolute Gasteiger partial charge is 0.0662 e. The number of nitrogens with one attached hydrogen (secondary N) is 1. The van der Waals surface area contributed by atoms with Gasteiger partial charge >= 0.3 is 0 Å². The molecule has 0 radical (unpaired) electrons. The highest BCUT2D eigenvalue weighted by Gasteiger charge is 2.16. The van der Waals surface area contributed by atoms with Crippen LogP contribution in [-0.4, -0.2) is 35.0 Å². The summed E-state index contributed by atoms with van der Waals surface area (Å²) in [6.07, 6.45) is -0.377. The fourth-order valence-corrected chi connectivity index (χ4v) is 0.933. The Hall–Kier alpha value is -0.120. The van der Waals surface area contributed by atoms with Crippen LogP contribution in [0.2, 0.25) is 0 Å². The largest absolute Gasteiger partial charge is 0.395 e. The third-order valence-corrected chi connectivity index (χ3v) is 2.20. The summed E-state index contributed by atoms with van der Waals surface area (Å²) < 4.78 is 0. The quantitative estimate of drug-likeness (QED) is 0.565. The molecule has 0 saturated carbocycles. The van der Waals surface area contributed by atoms with Crippen LogP contribution in [0.3, 0.4) is 0 Å². The molecule has 0 aliphatic heterocycles. The van der Waals surface area contributed by atoms with Crippen LogP contribution in [0.1, 0.15) is 27.7 Å². The fraction of sp³-hybridized carbons (Fsp3) is 1.00. The molecule has 0 aliphatic carbocycles. The first-order chi connectivity index (χ1) is 5.49. The molecule has 0 spiro atoms. The van der Waals surface area contributed by atoms with E-state index in [2.05, 4.69) is 5.32 Å². The number of aliphatic hydroxyl groups excluding tert-OH is 2. The van der Waals surface area contributed by atoms with Crippen molar-refractivity contribution < 1.29 is 10.2 Å². The molecule has 74 valence electrons. The van der Waals surface area contributed by atoms with Crippen LogP contribution < -0.4 is 5.32 Å². The van der Waals surface area contributed by atoms with Crippen molar-refractivity contribution in [2.75, 3.05) is 6.61 Å². The van der Waals surface area contributed by atoms with E-state index >= 15 is 0 Å². The predicted molar refractivity (Wildman–Crippen MR) is 50.0 cm³/mol. The molecular formula is C9H21NO2. The maximum absolute atomic E-state index is 9.20. The number of rotatable bonds is 5. The number of hydrogen-bond donors (Lipinski definition) is 3. The van der Waals surface area contributed by atoms with Gasteiger partial charge in [-0.25, -0.2) is 0 Å². The first-order valence-electron chi connectivity index (χ1n) is 4.54. The maximum Gasteiger partial charge on any atom is 0.0662 e. The molecule has 0 bridgehead atoms. The van der Waals surface area contributed by atoms with Crippen molar-refractivity contribution in [1.29, 1.82) is 0 Å². The van der Waals surface area contributed by atoms with Gasteiger partial charge in [0.05, 0.1) is 12.7 Å². The summed E-state index contributed by atoms with van der Waals surface area (Å²) in [4.78, 5) is 0. The normalized spacial score (nSPS) is 19.2. The topological polar surface area (TPSA) is 52.5 Å². The van der Waals surface area contributed by atoms with Gasteiger partial charge in [-0.1, -0.05) is 13.8 Å². The summed E-state index contributed by atoms with van der Waals surface area (Å²) in [6, 6.07) is 0.110. The second-order valence-electron chi connectivity index (χ2n) is 3.73. The van der Waals surface area contributed by atoms with Crippen molar-refractivity contribution in [2.24, 2.45) is 5.92 Å². The van der Waals surface area contributed by atoms with Crippen LogP contribution in [0, 0.1) is 5.92 Å². The highest BCUT2D eigenvalue weighted by Crippen LogP contribution is 2.03. The second kappa shape index (κ2) is 5.51. The monoisotopic (exact) mass is 175 g/mol. The third-order valence-electron chi connectivity index (χ3n) is 2.20. The second-order valence-corrected chi connectivity index (χ2v) is 3.73. The summed E-state index contributed by atoms with van der Waals surface area (Å²) in [6.45, 7) is 7.86. The molecule has 0 saturated heterocycles. The zero-order valence-electron chi connectivity index (χ0n) is 8.41. The van der Waals surface area contributed by atoms with Crippen LogP contribution in [0.4, 0.5) is 0 Å². The minimum absolute atomic E-state index is 0.0320. The molecule has 3 atom stereocenters. The molecule has 0 aliphatic rings. The standard InChI is InChI=1S/C9H21NO2/c1-6(2)9(5-11)10-7(3)8(4)12/h6-12H,5H2,1-4H3/t7?,8?,9-/m1/s1. The summed E-state index contributed by atoms with van der Waals surface area (Å²) >= 11 is 0. The van der Waals surface area contributed by atoms with Crippen molar-refractivity contribution in [3.8, 4) is 0 Å². The number of hydrogen-bond acceptors (Lipinski definition) is 3. The summed E-state index contributed by atoms with van der Waals surface area (Å²) in [5, 5.41) is 21.4. The Balaban J connectivity index is 3.85. The SMILES string of the molecule is CC(O)C(C)N[C@H](CO)C(C)C. The molecule has 3 N–H and O–H groups in total. The van der Waals surface area contributed by atoms with E-state index in [0.717, 1.165) is 0 Å². The van der Waals surface area contributed by atoms with Crippen molar-refractivity contribution in [2.45, 2.75) is 45.9 Å². The lowest BCUT2D eigenvalue weighted by atomic mass is 10.0. The maximum atomic E-state index is 9.20. The first kappa shape index (κ1) is 11.9. The van der Waals surface area contributed by atoms with E-state index in [0.29, 0.717) is 5.92 Å². The highest BCUT2D eigenvalue weighted by atomic mass is 16.3. The van der Waals surface area contributed by atoms with Crippen molar-refractivity contribution in [3.63, 3.8) is 0 Å². The van der Waals surface area contributed by atoms with E-state index in [4.69, 9.17) is 5.11 Å². The van der Waals surface area contributed by atoms with Crippen molar-refractivity contribution >= 4 is 0 Å². The number of aliphatic hydroxyl groups is 2. The van der Waals surface area contributed by atoms with Gasteiger partial charge in [-0.15, -0.1) is 0 Å². The minimum atomic E-state index is -0.377. The van der Waals surface area contributed by atoms with E-state index in [9.17, 15) is 5.11 Å². The molecule has 2 unspecified atom stereocenters. The van der Waals surface area contributed by atoms with E-state index in [-0.39, 0.29) is 24.8 Å². The molecule has 0 amide bonds. The summed E-state index contributed by atoms with van der Waals surface area (Å²) in [5.74, 6) is 0.385. The lowest BCUT2D eigenvalue weighted by Crippen LogP contribution is -2.46. The van der Waals surface area contributed by atoms with Crippen LogP contribution in [0.5, 0.6) is 0 Å². The van der Waals surface area contributed by atoms with Gasteiger partial charge in [-0.3, -0.25) is 0 Å². The van der Waals surface area contributed by atoms with Crippen LogP contribution in [0.15, 0.2) is 0 Å². The lowest BCUT2D eigenvalue weighted by molar-refractivity contribution is 0.123. The van der Waals surface area contributed by atoms with Gasteiger partial charge in [0.25, 0.3) is 0 Å². The van der Waals surface area contributed by atoms with Gasteiger partial charge in [-0.05, 0) is 19.8 Å².